The summed E-state index contributed by atoms with van der Waals surface area (Å²) in [4.78, 5) is 35.9. The highest BCUT2D eigenvalue weighted by atomic mass is 16.6. The van der Waals surface area contributed by atoms with Gasteiger partial charge in [0.1, 0.15) is 11.4 Å². The summed E-state index contributed by atoms with van der Waals surface area (Å²) in [6.45, 7) is 8.28. The van der Waals surface area contributed by atoms with Crippen LogP contribution in [0.25, 0.3) is 0 Å². The number of nitrogens with one attached hydrogen (secondary N) is 3. The first kappa shape index (κ1) is 26.7. The number of amides is 3. The largest absolute Gasteiger partial charge is 0.493 e. The monoisotopic (exact) mass is 469 g/mol. The van der Waals surface area contributed by atoms with Gasteiger partial charge in [0.25, 0.3) is 0 Å². The molecule has 8 nitrogen and oxygen atoms in total. The highest BCUT2D eigenvalue weighted by Crippen LogP contribution is 2.17. The Kier molecular flexibility index (Phi) is 10.4. The van der Waals surface area contributed by atoms with E-state index in [9.17, 15) is 14.4 Å². The summed E-state index contributed by atoms with van der Waals surface area (Å²) in [7, 11) is 0. The second kappa shape index (κ2) is 13.2. The fourth-order valence-electron chi connectivity index (χ4n) is 3.00. The molecule has 0 heterocycles. The Morgan fingerprint density at radius 2 is 1.68 bits per heavy atom. The average molecular weight is 470 g/mol. The fourth-order valence-corrected chi connectivity index (χ4v) is 3.00. The molecule has 3 amide bonds. The van der Waals surface area contributed by atoms with E-state index in [0.717, 1.165) is 16.9 Å². The standard InChI is InChI=1S/C26H35N3O5/c1-19-9-5-6-12-22(19)33-16-8-13-24(31)29-21-11-7-10-20(17-21)18-28-23(30)14-15-27-25(32)34-26(2,3)4/h5-7,9-12,17H,8,13-16,18H2,1-4H3,(H,27,32)(H,28,30)(H,29,31). The number of hydrogen-bond acceptors (Lipinski definition) is 5. The molecule has 0 unspecified atom stereocenters. The van der Waals surface area contributed by atoms with E-state index in [4.69, 9.17) is 9.47 Å². The van der Waals surface area contributed by atoms with E-state index in [1.807, 2.05) is 49.4 Å². The molecule has 2 aromatic carbocycles. The summed E-state index contributed by atoms with van der Waals surface area (Å²) < 4.78 is 10.8. The third-order valence-electron chi connectivity index (χ3n) is 4.62. The van der Waals surface area contributed by atoms with Crippen LogP contribution in [0.4, 0.5) is 10.5 Å². The van der Waals surface area contributed by atoms with E-state index in [1.165, 1.54) is 0 Å². The first-order chi connectivity index (χ1) is 16.1. The minimum Gasteiger partial charge on any atom is -0.493 e. The third-order valence-corrected chi connectivity index (χ3v) is 4.62. The molecule has 0 radical (unpaired) electrons. The number of carbonyl (C=O) groups is 3. The van der Waals surface area contributed by atoms with Crippen LogP contribution in [0.2, 0.25) is 0 Å². The highest BCUT2D eigenvalue weighted by Gasteiger charge is 2.15. The Bertz CT molecular complexity index is 969. The molecular formula is C26H35N3O5. The topological polar surface area (TPSA) is 106 Å². The van der Waals surface area contributed by atoms with Gasteiger partial charge >= 0.3 is 6.09 Å². The molecule has 0 saturated heterocycles. The van der Waals surface area contributed by atoms with Gasteiger partial charge in [-0.1, -0.05) is 30.3 Å². The minimum absolute atomic E-state index is 0.0946. The Morgan fingerprint density at radius 3 is 2.41 bits per heavy atom. The molecule has 0 spiro atoms. The van der Waals surface area contributed by atoms with Crippen LogP contribution in [-0.2, 0) is 20.9 Å². The lowest BCUT2D eigenvalue weighted by Gasteiger charge is -2.19. The van der Waals surface area contributed by atoms with Crippen molar-refractivity contribution in [2.75, 3.05) is 18.5 Å². The number of rotatable bonds is 11. The predicted molar refractivity (Wildman–Crippen MR) is 132 cm³/mol. The molecule has 0 fully saturated rings. The van der Waals surface area contributed by atoms with Crippen LogP contribution < -0.4 is 20.7 Å². The molecule has 0 bridgehead atoms. The van der Waals surface area contributed by atoms with E-state index in [0.29, 0.717) is 31.7 Å². The van der Waals surface area contributed by atoms with Crippen LogP contribution in [0.15, 0.2) is 48.5 Å². The first-order valence-corrected chi connectivity index (χ1v) is 11.4. The van der Waals surface area contributed by atoms with Gasteiger partial charge in [0.15, 0.2) is 0 Å². The van der Waals surface area contributed by atoms with Gasteiger partial charge in [-0.2, -0.15) is 0 Å². The van der Waals surface area contributed by atoms with Crippen molar-refractivity contribution >= 4 is 23.6 Å². The van der Waals surface area contributed by atoms with Crippen LogP contribution in [-0.4, -0.2) is 36.7 Å². The number of alkyl carbamates (subject to hydrolysis) is 1. The molecule has 0 aliphatic rings. The van der Waals surface area contributed by atoms with Gasteiger partial charge in [0.2, 0.25) is 11.8 Å². The summed E-state index contributed by atoms with van der Waals surface area (Å²) in [6.07, 6.45) is 0.538. The summed E-state index contributed by atoms with van der Waals surface area (Å²) in [5.74, 6) is 0.542. The first-order valence-electron chi connectivity index (χ1n) is 11.4. The smallest absolute Gasteiger partial charge is 0.407 e. The minimum atomic E-state index is -0.582. The number of para-hydroxylation sites is 1. The van der Waals surface area contributed by atoms with Crippen LogP contribution in [0, 0.1) is 6.92 Å². The maximum absolute atomic E-state index is 12.2. The van der Waals surface area contributed by atoms with Crippen LogP contribution in [0.1, 0.15) is 51.2 Å². The number of hydrogen-bond donors (Lipinski definition) is 3. The molecule has 0 aliphatic carbocycles. The van der Waals surface area contributed by atoms with Gasteiger partial charge < -0.3 is 25.4 Å². The highest BCUT2D eigenvalue weighted by molar-refractivity contribution is 5.90. The van der Waals surface area contributed by atoms with Crippen molar-refractivity contribution in [3.8, 4) is 5.75 Å². The Hall–Kier alpha value is -3.55. The van der Waals surface area contributed by atoms with E-state index in [2.05, 4.69) is 16.0 Å². The molecule has 184 valence electrons. The molecular weight excluding hydrogens is 434 g/mol. The van der Waals surface area contributed by atoms with E-state index in [1.54, 1.807) is 26.8 Å². The van der Waals surface area contributed by atoms with Gasteiger partial charge in [-0.3, -0.25) is 9.59 Å². The second-order valence-electron chi connectivity index (χ2n) is 8.92. The van der Waals surface area contributed by atoms with Crippen LogP contribution in [0.3, 0.4) is 0 Å². The second-order valence-corrected chi connectivity index (χ2v) is 8.92. The van der Waals surface area contributed by atoms with E-state index in [-0.39, 0.29) is 24.8 Å². The lowest BCUT2D eigenvalue weighted by Crippen LogP contribution is -2.35. The third kappa shape index (κ3) is 10.8. The summed E-state index contributed by atoms with van der Waals surface area (Å²) >= 11 is 0. The lowest BCUT2D eigenvalue weighted by atomic mass is 10.2. The van der Waals surface area contributed by atoms with Gasteiger partial charge in [-0.15, -0.1) is 0 Å². The molecule has 34 heavy (non-hydrogen) atoms. The summed E-state index contributed by atoms with van der Waals surface area (Å²) in [5.41, 5.74) is 2.01. The molecule has 0 saturated carbocycles. The number of carbonyl (C=O) groups excluding carboxylic acids is 3. The van der Waals surface area contributed by atoms with Crippen molar-refractivity contribution in [3.05, 3.63) is 59.7 Å². The van der Waals surface area contributed by atoms with E-state index < -0.39 is 11.7 Å². The van der Waals surface area contributed by atoms with Crippen molar-refractivity contribution in [3.63, 3.8) is 0 Å². The Morgan fingerprint density at radius 1 is 0.912 bits per heavy atom. The summed E-state index contributed by atoms with van der Waals surface area (Å²) in [6, 6.07) is 15.1. The number of anilines is 1. The van der Waals surface area contributed by atoms with E-state index >= 15 is 0 Å². The zero-order chi connectivity index (χ0) is 25.0. The SMILES string of the molecule is Cc1ccccc1OCCCC(=O)Nc1cccc(CNC(=O)CCNC(=O)OC(C)(C)C)c1. The normalized spacial score (nSPS) is 10.8. The zero-order valence-corrected chi connectivity index (χ0v) is 20.4. The maximum Gasteiger partial charge on any atom is 0.407 e. The van der Waals surface area contributed by atoms with Crippen LogP contribution in [0.5, 0.6) is 5.75 Å². The van der Waals surface area contributed by atoms with Crippen molar-refractivity contribution in [1.29, 1.82) is 0 Å². The van der Waals surface area contributed by atoms with Crippen molar-refractivity contribution in [2.24, 2.45) is 0 Å². The van der Waals surface area contributed by atoms with Crippen molar-refractivity contribution in [2.45, 2.75) is 59.1 Å². The zero-order valence-electron chi connectivity index (χ0n) is 20.4. The molecule has 2 rings (SSSR count). The van der Waals surface area contributed by atoms with Crippen molar-refractivity contribution in [1.82, 2.24) is 10.6 Å². The van der Waals surface area contributed by atoms with Gasteiger partial charge in [-0.25, -0.2) is 4.79 Å². The molecule has 3 N–H and O–H groups in total. The molecule has 0 aliphatic heterocycles. The molecule has 8 heteroatoms. The predicted octanol–water partition coefficient (Wildman–Crippen LogP) is 4.32. The van der Waals surface area contributed by atoms with Crippen molar-refractivity contribution < 1.29 is 23.9 Å². The van der Waals surface area contributed by atoms with Gasteiger partial charge in [0, 0.05) is 31.6 Å². The van der Waals surface area contributed by atoms with Gasteiger partial charge in [0.05, 0.1) is 6.61 Å². The molecule has 2 aromatic rings. The number of benzene rings is 2. The Balaban J connectivity index is 1.66. The Labute approximate surface area is 201 Å². The summed E-state index contributed by atoms with van der Waals surface area (Å²) in [5, 5.41) is 8.23. The van der Waals surface area contributed by atoms with Crippen LogP contribution >= 0.6 is 0 Å². The lowest BCUT2D eigenvalue weighted by molar-refractivity contribution is -0.121. The fraction of sp³-hybridized carbons (Fsp3) is 0.423. The average Bonchev–Trinajstić information content (AvgIpc) is 2.75. The molecule has 0 atom stereocenters. The maximum atomic E-state index is 12.2. The molecule has 0 aromatic heterocycles. The van der Waals surface area contributed by atoms with Gasteiger partial charge in [-0.05, 0) is 63.4 Å². The number of aryl methyl sites for hydroxylation is 1. The quantitative estimate of drug-likeness (QED) is 0.425. The number of ether oxygens (including phenoxy) is 2.